The topological polar surface area (TPSA) is 32.3 Å². The van der Waals surface area contributed by atoms with Crippen LogP contribution in [0.25, 0.3) is 0 Å². The van der Waals surface area contributed by atoms with E-state index in [1.165, 1.54) is 32.1 Å². The van der Waals surface area contributed by atoms with Gasteiger partial charge in [0.1, 0.15) is 0 Å². The quantitative estimate of drug-likeness (QED) is 0.893. The van der Waals surface area contributed by atoms with Gasteiger partial charge in [0, 0.05) is 25.7 Å². The third-order valence-corrected chi connectivity index (χ3v) is 4.67. The van der Waals surface area contributed by atoms with Gasteiger partial charge in [-0.1, -0.05) is 37.8 Å². The first-order valence-electron chi connectivity index (χ1n) is 7.79. The number of nitrogens with zero attached hydrogens (tertiary/aromatic N) is 1. The van der Waals surface area contributed by atoms with Gasteiger partial charge >= 0.3 is 0 Å². The van der Waals surface area contributed by atoms with Crippen LogP contribution in [0, 0.1) is 5.92 Å². The fourth-order valence-corrected chi connectivity index (χ4v) is 3.21. The molecule has 2 rings (SSSR count). The Hall–Kier alpha value is -1.22. The summed E-state index contributed by atoms with van der Waals surface area (Å²) in [5.41, 5.74) is 1.56. The molecular formula is C17H25ClN2O. The van der Waals surface area contributed by atoms with Crippen LogP contribution in [-0.4, -0.2) is 30.9 Å². The SMILES string of the molecule is CCC1CCCC(Nc2cc(C(=O)N(C)C)ccc2Cl)C1. The number of nitrogens with one attached hydrogen (secondary N) is 1. The van der Waals surface area contributed by atoms with E-state index in [1.54, 1.807) is 31.1 Å². The van der Waals surface area contributed by atoms with Crippen molar-refractivity contribution in [3.05, 3.63) is 28.8 Å². The summed E-state index contributed by atoms with van der Waals surface area (Å²) in [6.45, 7) is 2.26. The van der Waals surface area contributed by atoms with Gasteiger partial charge in [0.05, 0.1) is 10.7 Å². The average Bonchev–Trinajstić information content (AvgIpc) is 2.49. The highest BCUT2D eigenvalue weighted by molar-refractivity contribution is 6.33. The molecule has 1 amide bonds. The summed E-state index contributed by atoms with van der Waals surface area (Å²) in [6.07, 6.45) is 6.22. The highest BCUT2D eigenvalue weighted by Crippen LogP contribution is 2.31. The van der Waals surface area contributed by atoms with Crippen molar-refractivity contribution in [3.8, 4) is 0 Å². The molecule has 0 aliphatic heterocycles. The molecule has 2 atom stereocenters. The Bertz CT molecular complexity index is 502. The number of anilines is 1. The lowest BCUT2D eigenvalue weighted by Gasteiger charge is -2.30. The molecule has 1 saturated carbocycles. The number of benzene rings is 1. The summed E-state index contributed by atoms with van der Waals surface area (Å²) >= 11 is 6.28. The molecule has 0 heterocycles. The third-order valence-electron chi connectivity index (χ3n) is 4.34. The molecule has 116 valence electrons. The zero-order valence-electron chi connectivity index (χ0n) is 13.2. The molecule has 0 saturated heterocycles. The molecule has 1 aromatic carbocycles. The molecule has 3 nitrogen and oxygen atoms in total. The predicted molar refractivity (Wildman–Crippen MR) is 89.1 cm³/mol. The highest BCUT2D eigenvalue weighted by atomic mass is 35.5. The van der Waals surface area contributed by atoms with Crippen molar-refractivity contribution in [2.45, 2.75) is 45.1 Å². The summed E-state index contributed by atoms with van der Waals surface area (Å²) in [5.74, 6) is 0.811. The molecule has 2 unspecified atom stereocenters. The zero-order valence-corrected chi connectivity index (χ0v) is 13.9. The molecule has 1 aliphatic carbocycles. The Labute approximate surface area is 132 Å². The number of hydrogen-bond acceptors (Lipinski definition) is 2. The molecule has 1 N–H and O–H groups in total. The number of carbonyl (C=O) groups is 1. The monoisotopic (exact) mass is 308 g/mol. The van der Waals surface area contributed by atoms with Crippen molar-refractivity contribution in [3.63, 3.8) is 0 Å². The standard InChI is InChI=1S/C17H25ClN2O/c1-4-12-6-5-7-14(10-12)19-16-11-13(8-9-15(16)18)17(21)20(2)3/h8-9,11-12,14,19H,4-7,10H2,1-3H3. The van der Waals surface area contributed by atoms with Gasteiger partial charge in [-0.15, -0.1) is 0 Å². The largest absolute Gasteiger partial charge is 0.381 e. The Morgan fingerprint density at radius 3 is 2.81 bits per heavy atom. The van der Waals surface area contributed by atoms with Gasteiger partial charge in [-0.05, 0) is 37.0 Å². The minimum Gasteiger partial charge on any atom is -0.381 e. The summed E-state index contributed by atoms with van der Waals surface area (Å²) in [7, 11) is 3.52. The van der Waals surface area contributed by atoms with Gasteiger partial charge in [-0.2, -0.15) is 0 Å². The maximum absolute atomic E-state index is 12.1. The van der Waals surface area contributed by atoms with E-state index in [9.17, 15) is 4.79 Å². The van der Waals surface area contributed by atoms with E-state index >= 15 is 0 Å². The maximum atomic E-state index is 12.1. The van der Waals surface area contributed by atoms with Crippen LogP contribution in [0.1, 0.15) is 49.4 Å². The van der Waals surface area contributed by atoms with Crippen LogP contribution in [0.15, 0.2) is 18.2 Å². The van der Waals surface area contributed by atoms with E-state index < -0.39 is 0 Å². The van der Waals surface area contributed by atoms with Crippen LogP contribution in [0.4, 0.5) is 5.69 Å². The summed E-state index contributed by atoms with van der Waals surface area (Å²) < 4.78 is 0. The summed E-state index contributed by atoms with van der Waals surface area (Å²) in [5, 5.41) is 4.23. The van der Waals surface area contributed by atoms with E-state index in [4.69, 9.17) is 11.6 Å². The first kappa shape index (κ1) is 16.2. The van der Waals surface area contributed by atoms with Crippen LogP contribution in [0.5, 0.6) is 0 Å². The highest BCUT2D eigenvalue weighted by Gasteiger charge is 2.21. The van der Waals surface area contributed by atoms with Gasteiger partial charge in [0.15, 0.2) is 0 Å². The van der Waals surface area contributed by atoms with Crippen molar-refractivity contribution >= 4 is 23.2 Å². The van der Waals surface area contributed by atoms with Crippen molar-refractivity contribution in [2.75, 3.05) is 19.4 Å². The number of rotatable bonds is 4. The smallest absolute Gasteiger partial charge is 0.253 e. The Morgan fingerprint density at radius 1 is 1.38 bits per heavy atom. The second kappa shape index (κ2) is 7.17. The van der Waals surface area contributed by atoms with Gasteiger partial charge in [0.25, 0.3) is 5.91 Å². The minimum absolute atomic E-state index is 0.00444. The molecular weight excluding hydrogens is 284 g/mol. The Balaban J connectivity index is 2.12. The molecule has 4 heteroatoms. The second-order valence-electron chi connectivity index (χ2n) is 6.18. The van der Waals surface area contributed by atoms with Crippen LogP contribution in [-0.2, 0) is 0 Å². The Kier molecular flexibility index (Phi) is 5.51. The molecule has 1 fully saturated rings. The number of amides is 1. The maximum Gasteiger partial charge on any atom is 0.253 e. The van der Waals surface area contributed by atoms with E-state index in [2.05, 4.69) is 12.2 Å². The molecule has 21 heavy (non-hydrogen) atoms. The number of hydrogen-bond donors (Lipinski definition) is 1. The van der Waals surface area contributed by atoms with Crippen LogP contribution in [0.2, 0.25) is 5.02 Å². The first-order valence-corrected chi connectivity index (χ1v) is 8.16. The molecule has 0 radical (unpaired) electrons. The lowest BCUT2D eigenvalue weighted by molar-refractivity contribution is 0.0827. The van der Waals surface area contributed by atoms with Crippen molar-refractivity contribution in [1.82, 2.24) is 4.90 Å². The minimum atomic E-state index is 0.00444. The number of halogens is 1. The fraction of sp³-hybridized carbons (Fsp3) is 0.588. The fourth-order valence-electron chi connectivity index (χ4n) is 3.04. The zero-order chi connectivity index (χ0) is 15.4. The van der Waals surface area contributed by atoms with Crippen LogP contribution in [0.3, 0.4) is 0 Å². The van der Waals surface area contributed by atoms with Crippen molar-refractivity contribution in [1.29, 1.82) is 0 Å². The van der Waals surface area contributed by atoms with Crippen LogP contribution < -0.4 is 5.32 Å². The first-order chi connectivity index (χ1) is 10.0. The molecule has 0 bridgehead atoms. The predicted octanol–water partition coefficient (Wildman–Crippen LogP) is 4.42. The molecule has 0 aromatic heterocycles. The Morgan fingerprint density at radius 2 is 2.14 bits per heavy atom. The molecule has 0 spiro atoms. The van der Waals surface area contributed by atoms with Crippen molar-refractivity contribution < 1.29 is 4.79 Å². The van der Waals surface area contributed by atoms with E-state index in [1.807, 2.05) is 6.07 Å². The van der Waals surface area contributed by atoms with Gasteiger partial charge in [0.2, 0.25) is 0 Å². The van der Waals surface area contributed by atoms with Crippen molar-refractivity contribution in [2.24, 2.45) is 5.92 Å². The van der Waals surface area contributed by atoms with E-state index in [-0.39, 0.29) is 5.91 Å². The summed E-state index contributed by atoms with van der Waals surface area (Å²) in [4.78, 5) is 13.6. The van der Waals surface area contributed by atoms with Gasteiger partial charge in [-0.3, -0.25) is 4.79 Å². The summed E-state index contributed by atoms with van der Waals surface area (Å²) in [6, 6.07) is 5.93. The second-order valence-corrected chi connectivity index (χ2v) is 6.58. The molecule has 1 aromatic rings. The van der Waals surface area contributed by atoms with Gasteiger partial charge < -0.3 is 10.2 Å². The van der Waals surface area contributed by atoms with E-state index in [0.29, 0.717) is 16.6 Å². The van der Waals surface area contributed by atoms with Gasteiger partial charge in [-0.25, -0.2) is 0 Å². The third kappa shape index (κ3) is 4.13. The lowest BCUT2D eigenvalue weighted by Crippen LogP contribution is -2.27. The number of carbonyl (C=O) groups excluding carboxylic acids is 1. The molecule has 1 aliphatic rings. The van der Waals surface area contributed by atoms with Crippen LogP contribution >= 0.6 is 11.6 Å². The van der Waals surface area contributed by atoms with E-state index in [0.717, 1.165) is 11.6 Å². The average molecular weight is 309 g/mol. The normalized spacial score (nSPS) is 21.9. The lowest BCUT2D eigenvalue weighted by atomic mass is 9.84.